The molecule has 0 saturated heterocycles. The van der Waals surface area contributed by atoms with Gasteiger partial charge in [0.15, 0.2) is 0 Å². The van der Waals surface area contributed by atoms with Crippen molar-refractivity contribution in [2.45, 2.75) is 33.7 Å². The van der Waals surface area contributed by atoms with Crippen LogP contribution in [0.2, 0.25) is 0 Å². The van der Waals surface area contributed by atoms with Crippen LogP contribution < -0.4 is 11.1 Å². The molecule has 0 aliphatic heterocycles. The van der Waals surface area contributed by atoms with Crippen LogP contribution in [-0.4, -0.2) is 4.98 Å². The largest absolute Gasteiger partial charge is 0.466 e. The number of anilines is 2. The maximum absolute atomic E-state index is 5.69. The van der Waals surface area contributed by atoms with Gasteiger partial charge < -0.3 is 15.5 Å². The van der Waals surface area contributed by atoms with Crippen LogP contribution in [0.3, 0.4) is 0 Å². The van der Waals surface area contributed by atoms with Gasteiger partial charge in [-0.3, -0.25) is 0 Å². The van der Waals surface area contributed by atoms with E-state index in [-0.39, 0.29) is 6.04 Å². The Bertz CT molecular complexity index is 560. The molecule has 0 spiro atoms. The third kappa shape index (κ3) is 2.47. The second-order valence-electron chi connectivity index (χ2n) is 4.67. The summed E-state index contributed by atoms with van der Waals surface area (Å²) in [6.07, 6.45) is 1.66. The van der Waals surface area contributed by atoms with Crippen LogP contribution >= 0.6 is 0 Å². The van der Waals surface area contributed by atoms with Crippen LogP contribution in [0.4, 0.5) is 11.5 Å². The van der Waals surface area contributed by atoms with Crippen molar-refractivity contribution < 1.29 is 4.42 Å². The molecule has 2 rings (SSSR count). The fourth-order valence-corrected chi connectivity index (χ4v) is 2.11. The van der Waals surface area contributed by atoms with Gasteiger partial charge in [-0.15, -0.1) is 0 Å². The van der Waals surface area contributed by atoms with E-state index >= 15 is 0 Å². The zero-order chi connectivity index (χ0) is 13.3. The van der Waals surface area contributed by atoms with Crippen molar-refractivity contribution in [3.05, 3.63) is 41.0 Å². The van der Waals surface area contributed by atoms with Gasteiger partial charge in [-0.05, 0) is 45.4 Å². The highest BCUT2D eigenvalue weighted by Gasteiger charge is 2.13. The maximum atomic E-state index is 5.69. The van der Waals surface area contributed by atoms with E-state index in [1.165, 1.54) is 0 Å². The van der Waals surface area contributed by atoms with Crippen molar-refractivity contribution in [2.24, 2.45) is 0 Å². The molecule has 0 fully saturated rings. The van der Waals surface area contributed by atoms with E-state index in [4.69, 9.17) is 10.2 Å². The van der Waals surface area contributed by atoms with Crippen LogP contribution in [0, 0.1) is 20.8 Å². The van der Waals surface area contributed by atoms with Gasteiger partial charge in [0.25, 0.3) is 0 Å². The summed E-state index contributed by atoms with van der Waals surface area (Å²) in [7, 11) is 0. The number of nitrogen functional groups attached to an aromatic ring is 1. The standard InChI is InChI=1S/C14H19N3O/c1-8-5-12(15)7-16-14(8)17-10(3)13-6-9(2)18-11(13)4/h5-7,10H,15H2,1-4H3,(H,16,17). The average molecular weight is 245 g/mol. The Morgan fingerprint density at radius 1 is 1.28 bits per heavy atom. The monoisotopic (exact) mass is 245 g/mol. The molecule has 1 unspecified atom stereocenters. The van der Waals surface area contributed by atoms with Crippen molar-refractivity contribution in [1.29, 1.82) is 0 Å². The number of rotatable bonds is 3. The van der Waals surface area contributed by atoms with Crippen molar-refractivity contribution in [2.75, 3.05) is 11.1 Å². The van der Waals surface area contributed by atoms with E-state index in [9.17, 15) is 0 Å². The Hall–Kier alpha value is -1.97. The predicted molar refractivity (Wildman–Crippen MR) is 73.6 cm³/mol. The molecule has 4 heteroatoms. The topological polar surface area (TPSA) is 64.1 Å². The number of aromatic nitrogens is 1. The van der Waals surface area contributed by atoms with Gasteiger partial charge in [-0.25, -0.2) is 4.98 Å². The smallest absolute Gasteiger partial charge is 0.129 e. The van der Waals surface area contributed by atoms with E-state index < -0.39 is 0 Å². The molecule has 18 heavy (non-hydrogen) atoms. The fourth-order valence-electron chi connectivity index (χ4n) is 2.11. The van der Waals surface area contributed by atoms with Crippen LogP contribution in [0.25, 0.3) is 0 Å². The first-order chi connectivity index (χ1) is 8.47. The summed E-state index contributed by atoms with van der Waals surface area (Å²) in [6.45, 7) is 8.01. The van der Waals surface area contributed by atoms with Crippen molar-refractivity contribution >= 4 is 11.5 Å². The van der Waals surface area contributed by atoms with Gasteiger partial charge >= 0.3 is 0 Å². The van der Waals surface area contributed by atoms with E-state index in [0.29, 0.717) is 5.69 Å². The van der Waals surface area contributed by atoms with Gasteiger partial charge in [-0.2, -0.15) is 0 Å². The number of nitrogens with two attached hydrogens (primary N) is 1. The first-order valence-corrected chi connectivity index (χ1v) is 6.03. The lowest BCUT2D eigenvalue weighted by atomic mass is 10.1. The minimum Gasteiger partial charge on any atom is -0.466 e. The minimum absolute atomic E-state index is 0.150. The van der Waals surface area contributed by atoms with E-state index in [1.54, 1.807) is 6.20 Å². The Labute approximate surface area is 107 Å². The maximum Gasteiger partial charge on any atom is 0.129 e. The quantitative estimate of drug-likeness (QED) is 0.870. The second kappa shape index (κ2) is 4.72. The Kier molecular flexibility index (Phi) is 3.28. The Morgan fingerprint density at radius 3 is 2.56 bits per heavy atom. The third-order valence-corrected chi connectivity index (χ3v) is 3.00. The molecule has 0 amide bonds. The van der Waals surface area contributed by atoms with Crippen molar-refractivity contribution in [3.8, 4) is 0 Å². The number of furan rings is 1. The van der Waals surface area contributed by atoms with Gasteiger partial charge in [0.05, 0.1) is 17.9 Å². The van der Waals surface area contributed by atoms with Crippen LogP contribution in [0.1, 0.15) is 35.6 Å². The van der Waals surface area contributed by atoms with Crippen LogP contribution in [0.15, 0.2) is 22.7 Å². The highest BCUT2D eigenvalue weighted by Crippen LogP contribution is 2.25. The van der Waals surface area contributed by atoms with Gasteiger partial charge in [-0.1, -0.05) is 0 Å². The molecule has 0 aliphatic carbocycles. The lowest BCUT2D eigenvalue weighted by molar-refractivity contribution is 0.499. The number of nitrogens with one attached hydrogen (secondary N) is 1. The SMILES string of the molecule is Cc1cc(C(C)Nc2ncc(N)cc2C)c(C)o1. The summed E-state index contributed by atoms with van der Waals surface area (Å²) in [5.74, 6) is 2.73. The normalized spacial score (nSPS) is 12.4. The molecule has 1 atom stereocenters. The molecular weight excluding hydrogens is 226 g/mol. The molecule has 4 nitrogen and oxygen atoms in total. The number of aryl methyl sites for hydroxylation is 3. The van der Waals surface area contributed by atoms with Gasteiger partial charge in [0.2, 0.25) is 0 Å². The van der Waals surface area contributed by atoms with Crippen LogP contribution in [0.5, 0.6) is 0 Å². The molecule has 0 radical (unpaired) electrons. The van der Waals surface area contributed by atoms with E-state index in [1.807, 2.05) is 26.8 Å². The zero-order valence-electron chi connectivity index (χ0n) is 11.2. The molecular formula is C14H19N3O. The molecule has 3 N–H and O–H groups in total. The summed E-state index contributed by atoms with van der Waals surface area (Å²) >= 11 is 0. The molecule has 0 bridgehead atoms. The number of nitrogens with zero attached hydrogens (tertiary/aromatic N) is 1. The molecule has 2 aromatic rings. The summed E-state index contributed by atoms with van der Waals surface area (Å²) < 4.78 is 5.54. The number of hydrogen-bond donors (Lipinski definition) is 2. The molecule has 0 aliphatic rings. The minimum atomic E-state index is 0.150. The third-order valence-electron chi connectivity index (χ3n) is 3.00. The average Bonchev–Trinajstić information content (AvgIpc) is 2.62. The summed E-state index contributed by atoms with van der Waals surface area (Å²) in [4.78, 5) is 4.31. The number of hydrogen-bond acceptors (Lipinski definition) is 4. The fraction of sp³-hybridized carbons (Fsp3) is 0.357. The lowest BCUT2D eigenvalue weighted by Gasteiger charge is -2.15. The molecule has 0 saturated carbocycles. The van der Waals surface area contributed by atoms with Gasteiger partial charge in [0, 0.05) is 5.56 Å². The Morgan fingerprint density at radius 2 is 2.00 bits per heavy atom. The van der Waals surface area contributed by atoms with Gasteiger partial charge in [0.1, 0.15) is 17.3 Å². The zero-order valence-corrected chi connectivity index (χ0v) is 11.2. The summed E-state index contributed by atoms with van der Waals surface area (Å²) in [5.41, 5.74) is 8.57. The summed E-state index contributed by atoms with van der Waals surface area (Å²) in [5, 5.41) is 3.38. The van der Waals surface area contributed by atoms with Crippen molar-refractivity contribution in [1.82, 2.24) is 4.98 Å². The molecule has 2 aromatic heterocycles. The van der Waals surface area contributed by atoms with E-state index in [0.717, 1.165) is 28.5 Å². The first-order valence-electron chi connectivity index (χ1n) is 6.03. The summed E-state index contributed by atoms with van der Waals surface area (Å²) in [6, 6.07) is 4.12. The predicted octanol–water partition coefficient (Wildman–Crippen LogP) is 3.36. The highest BCUT2D eigenvalue weighted by molar-refractivity contribution is 5.52. The molecule has 0 aromatic carbocycles. The Balaban J connectivity index is 2.21. The number of pyridine rings is 1. The molecule has 96 valence electrons. The second-order valence-corrected chi connectivity index (χ2v) is 4.67. The first kappa shape index (κ1) is 12.5. The molecule has 2 heterocycles. The highest BCUT2D eigenvalue weighted by atomic mass is 16.3. The van der Waals surface area contributed by atoms with Crippen molar-refractivity contribution in [3.63, 3.8) is 0 Å². The van der Waals surface area contributed by atoms with Crippen LogP contribution in [-0.2, 0) is 0 Å². The van der Waals surface area contributed by atoms with E-state index in [2.05, 4.69) is 23.3 Å². The lowest BCUT2D eigenvalue weighted by Crippen LogP contribution is -2.09.